The molecule has 0 fully saturated rings. The Bertz CT molecular complexity index is 1080. The standard InChI is InChI=1S/C23H20ClN3O3.ClH/c24-18-6-7-21-19(13-18)27(15-17-3-1-2-4-20(17)30-21)23(29)14-26-22(28)8-5-16-9-11-25-12-10-16;/h1-4,6-7,9-13H,5,8,14-15H2,(H,26,28);1H. The van der Waals surface area contributed by atoms with Gasteiger partial charge in [-0.05, 0) is 48.4 Å². The van der Waals surface area contributed by atoms with E-state index >= 15 is 0 Å². The van der Waals surface area contributed by atoms with Crippen LogP contribution in [0.5, 0.6) is 11.5 Å². The van der Waals surface area contributed by atoms with Crippen LogP contribution in [0.4, 0.5) is 5.69 Å². The summed E-state index contributed by atoms with van der Waals surface area (Å²) in [6, 6.07) is 16.5. The van der Waals surface area contributed by atoms with Gasteiger partial charge < -0.3 is 15.0 Å². The number of anilines is 1. The number of para-hydroxylation sites is 1. The Labute approximate surface area is 191 Å². The number of carbonyl (C=O) groups is 2. The fraction of sp³-hybridized carbons (Fsp3) is 0.174. The Morgan fingerprint density at radius 2 is 1.84 bits per heavy atom. The van der Waals surface area contributed by atoms with Gasteiger partial charge in [-0.15, -0.1) is 12.4 Å². The Balaban J connectivity index is 0.00000272. The number of ether oxygens (including phenoxy) is 1. The first kappa shape index (κ1) is 22.6. The number of nitrogens with one attached hydrogen (secondary N) is 1. The number of rotatable bonds is 5. The Morgan fingerprint density at radius 3 is 2.65 bits per heavy atom. The number of pyridine rings is 1. The number of aromatic nitrogens is 1. The third-order valence-corrected chi connectivity index (χ3v) is 5.10. The second kappa shape index (κ2) is 10.3. The first-order valence-electron chi connectivity index (χ1n) is 9.61. The third kappa shape index (κ3) is 5.54. The molecule has 1 N–H and O–H groups in total. The highest BCUT2D eigenvalue weighted by molar-refractivity contribution is 6.31. The zero-order chi connectivity index (χ0) is 20.9. The number of amides is 2. The van der Waals surface area contributed by atoms with Gasteiger partial charge in [0.15, 0.2) is 5.75 Å². The summed E-state index contributed by atoms with van der Waals surface area (Å²) in [5.41, 5.74) is 2.48. The maximum atomic E-state index is 13.0. The van der Waals surface area contributed by atoms with E-state index in [1.54, 1.807) is 35.5 Å². The molecule has 4 rings (SSSR count). The first-order valence-corrected chi connectivity index (χ1v) is 9.99. The Hall–Kier alpha value is -3.09. The van der Waals surface area contributed by atoms with Gasteiger partial charge in [0.05, 0.1) is 18.8 Å². The molecule has 0 unspecified atom stereocenters. The maximum absolute atomic E-state index is 13.0. The van der Waals surface area contributed by atoms with E-state index in [-0.39, 0.29) is 30.8 Å². The molecule has 1 aliphatic heterocycles. The molecule has 0 radical (unpaired) electrons. The first-order chi connectivity index (χ1) is 14.6. The van der Waals surface area contributed by atoms with Crippen molar-refractivity contribution in [2.75, 3.05) is 11.4 Å². The Kier molecular flexibility index (Phi) is 7.50. The van der Waals surface area contributed by atoms with E-state index in [1.807, 2.05) is 36.4 Å². The maximum Gasteiger partial charge on any atom is 0.246 e. The van der Waals surface area contributed by atoms with E-state index in [0.29, 0.717) is 41.6 Å². The molecule has 6 nitrogen and oxygen atoms in total. The summed E-state index contributed by atoms with van der Waals surface area (Å²) in [7, 11) is 0. The summed E-state index contributed by atoms with van der Waals surface area (Å²) in [5.74, 6) is 0.813. The van der Waals surface area contributed by atoms with Crippen LogP contribution < -0.4 is 15.0 Å². The minimum absolute atomic E-state index is 0. The minimum atomic E-state index is -0.240. The van der Waals surface area contributed by atoms with Gasteiger partial charge in [0.2, 0.25) is 11.8 Å². The molecule has 2 amide bonds. The summed E-state index contributed by atoms with van der Waals surface area (Å²) in [5, 5.41) is 3.22. The van der Waals surface area contributed by atoms with Gasteiger partial charge in [-0.3, -0.25) is 14.6 Å². The molecule has 0 bridgehead atoms. The summed E-state index contributed by atoms with van der Waals surface area (Å²) in [4.78, 5) is 30.8. The van der Waals surface area contributed by atoms with Gasteiger partial charge in [0.1, 0.15) is 5.75 Å². The summed E-state index contributed by atoms with van der Waals surface area (Å²) < 4.78 is 6.01. The molecule has 0 saturated carbocycles. The largest absolute Gasteiger partial charge is 0.455 e. The third-order valence-electron chi connectivity index (χ3n) is 4.86. The lowest BCUT2D eigenvalue weighted by atomic mass is 10.1. The van der Waals surface area contributed by atoms with Gasteiger partial charge in [0, 0.05) is 29.4 Å². The molecule has 1 aromatic heterocycles. The van der Waals surface area contributed by atoms with E-state index < -0.39 is 0 Å². The van der Waals surface area contributed by atoms with Gasteiger partial charge in [0.25, 0.3) is 0 Å². The second-order valence-corrected chi connectivity index (χ2v) is 7.37. The molecule has 1 aliphatic rings. The number of aryl methyl sites for hydroxylation is 1. The van der Waals surface area contributed by atoms with Crippen LogP contribution in [0, 0.1) is 0 Å². The van der Waals surface area contributed by atoms with Crippen LogP contribution in [0.15, 0.2) is 67.0 Å². The van der Waals surface area contributed by atoms with Crippen molar-refractivity contribution in [1.29, 1.82) is 0 Å². The zero-order valence-corrected chi connectivity index (χ0v) is 18.2. The van der Waals surface area contributed by atoms with Gasteiger partial charge >= 0.3 is 0 Å². The van der Waals surface area contributed by atoms with Crippen molar-refractivity contribution in [2.24, 2.45) is 0 Å². The average Bonchev–Trinajstić information content (AvgIpc) is 2.93. The SMILES string of the molecule is Cl.O=C(CCc1ccncc1)NCC(=O)N1Cc2ccccc2Oc2ccc(Cl)cc21. The molecule has 0 spiro atoms. The lowest BCUT2D eigenvalue weighted by Crippen LogP contribution is -2.39. The molecule has 2 aromatic carbocycles. The van der Waals surface area contributed by atoms with Crippen LogP contribution in [-0.2, 0) is 22.6 Å². The van der Waals surface area contributed by atoms with Crippen LogP contribution in [0.2, 0.25) is 5.02 Å². The van der Waals surface area contributed by atoms with Crippen molar-refractivity contribution in [3.63, 3.8) is 0 Å². The lowest BCUT2D eigenvalue weighted by molar-refractivity contribution is -0.125. The van der Waals surface area contributed by atoms with E-state index in [1.165, 1.54) is 0 Å². The number of nitrogens with zero attached hydrogens (tertiary/aromatic N) is 2. The molecular weight excluding hydrogens is 437 g/mol. The highest BCUT2D eigenvalue weighted by Gasteiger charge is 2.25. The topological polar surface area (TPSA) is 71.5 Å². The number of fused-ring (bicyclic) bond motifs is 2. The molecule has 160 valence electrons. The average molecular weight is 458 g/mol. The number of halogens is 2. The molecule has 0 saturated heterocycles. The minimum Gasteiger partial charge on any atom is -0.455 e. The number of carbonyl (C=O) groups excluding carboxylic acids is 2. The van der Waals surface area contributed by atoms with Crippen LogP contribution in [0.3, 0.4) is 0 Å². The van der Waals surface area contributed by atoms with E-state index in [4.69, 9.17) is 16.3 Å². The van der Waals surface area contributed by atoms with Crippen LogP contribution in [-0.4, -0.2) is 23.3 Å². The lowest BCUT2D eigenvalue weighted by Gasteiger charge is -2.22. The molecule has 0 atom stereocenters. The molecule has 8 heteroatoms. The van der Waals surface area contributed by atoms with E-state index in [2.05, 4.69) is 10.3 Å². The van der Waals surface area contributed by atoms with Crippen LogP contribution >= 0.6 is 24.0 Å². The fourth-order valence-corrected chi connectivity index (χ4v) is 3.45. The summed E-state index contributed by atoms with van der Waals surface area (Å²) >= 11 is 6.17. The number of hydrogen-bond donors (Lipinski definition) is 1. The predicted octanol–water partition coefficient (Wildman–Crippen LogP) is 4.54. The highest BCUT2D eigenvalue weighted by atomic mass is 35.5. The molecular formula is C23H21Cl2N3O3. The van der Waals surface area contributed by atoms with Crippen molar-refractivity contribution in [3.05, 3.63) is 83.1 Å². The van der Waals surface area contributed by atoms with Crippen molar-refractivity contribution >= 4 is 41.5 Å². The fourth-order valence-electron chi connectivity index (χ4n) is 3.28. The molecule has 3 aromatic rings. The van der Waals surface area contributed by atoms with Crippen molar-refractivity contribution in [2.45, 2.75) is 19.4 Å². The number of benzene rings is 2. The van der Waals surface area contributed by atoms with E-state index in [0.717, 1.165) is 11.1 Å². The van der Waals surface area contributed by atoms with Crippen molar-refractivity contribution < 1.29 is 14.3 Å². The van der Waals surface area contributed by atoms with Crippen molar-refractivity contribution in [3.8, 4) is 11.5 Å². The predicted molar refractivity (Wildman–Crippen MR) is 122 cm³/mol. The van der Waals surface area contributed by atoms with Crippen molar-refractivity contribution in [1.82, 2.24) is 10.3 Å². The number of hydrogen-bond acceptors (Lipinski definition) is 4. The smallest absolute Gasteiger partial charge is 0.246 e. The van der Waals surface area contributed by atoms with Gasteiger partial charge in [-0.1, -0.05) is 29.8 Å². The van der Waals surface area contributed by atoms with Crippen LogP contribution in [0.25, 0.3) is 0 Å². The second-order valence-electron chi connectivity index (χ2n) is 6.93. The molecule has 2 heterocycles. The summed E-state index contributed by atoms with van der Waals surface area (Å²) in [6.07, 6.45) is 4.27. The summed E-state index contributed by atoms with van der Waals surface area (Å²) in [6.45, 7) is 0.221. The van der Waals surface area contributed by atoms with Crippen LogP contribution in [0.1, 0.15) is 17.5 Å². The molecule has 31 heavy (non-hydrogen) atoms. The molecule has 0 aliphatic carbocycles. The normalized spacial score (nSPS) is 11.8. The zero-order valence-electron chi connectivity index (χ0n) is 16.6. The van der Waals surface area contributed by atoms with Gasteiger partial charge in [-0.25, -0.2) is 0 Å². The highest BCUT2D eigenvalue weighted by Crippen LogP contribution is 2.40. The quantitative estimate of drug-likeness (QED) is 0.609. The Morgan fingerprint density at radius 1 is 1.06 bits per heavy atom. The monoisotopic (exact) mass is 457 g/mol. The van der Waals surface area contributed by atoms with E-state index in [9.17, 15) is 9.59 Å². The van der Waals surface area contributed by atoms with Gasteiger partial charge in [-0.2, -0.15) is 0 Å².